The van der Waals surface area contributed by atoms with E-state index in [1.165, 1.54) is 83.5 Å². The molecule has 160 valence electrons. The Morgan fingerprint density at radius 2 is 1.26 bits per heavy atom. The van der Waals surface area contributed by atoms with Gasteiger partial charge in [-0.3, -0.25) is 4.79 Å². The van der Waals surface area contributed by atoms with E-state index in [-0.39, 0.29) is 24.1 Å². The molecule has 0 aromatic rings. The van der Waals surface area contributed by atoms with E-state index in [1.54, 1.807) is 0 Å². The molecule has 1 aliphatic rings. The maximum atomic E-state index is 11.6. The monoisotopic (exact) mass is 382 g/mol. The number of hydrogen-bond donors (Lipinski definition) is 1. The summed E-state index contributed by atoms with van der Waals surface area (Å²) in [5.41, 5.74) is 0. The lowest BCUT2D eigenvalue weighted by molar-refractivity contribution is -0.188. The van der Waals surface area contributed by atoms with Crippen LogP contribution in [-0.4, -0.2) is 23.3 Å². The van der Waals surface area contributed by atoms with Crippen molar-refractivity contribution in [2.24, 2.45) is 5.92 Å². The SMILES string of the molecule is CCCCCCCCCCCCC[C@H](O)C[C@H]1OC(=O)[C@@H]1CCCCCC. The van der Waals surface area contributed by atoms with E-state index in [2.05, 4.69) is 13.8 Å². The van der Waals surface area contributed by atoms with Crippen LogP contribution in [0.4, 0.5) is 0 Å². The molecule has 3 heteroatoms. The zero-order valence-corrected chi connectivity index (χ0v) is 18.2. The molecule has 0 bridgehead atoms. The van der Waals surface area contributed by atoms with E-state index in [0.717, 1.165) is 25.7 Å². The van der Waals surface area contributed by atoms with Crippen LogP contribution < -0.4 is 0 Å². The molecule has 0 aromatic carbocycles. The van der Waals surface area contributed by atoms with Gasteiger partial charge in [-0.1, -0.05) is 110 Å². The highest BCUT2D eigenvalue weighted by atomic mass is 16.6. The van der Waals surface area contributed by atoms with Crippen molar-refractivity contribution in [2.75, 3.05) is 0 Å². The van der Waals surface area contributed by atoms with Crippen molar-refractivity contribution in [2.45, 2.75) is 142 Å². The molecule has 1 saturated heterocycles. The normalized spacial score (nSPS) is 20.3. The van der Waals surface area contributed by atoms with Crippen LogP contribution in [0, 0.1) is 5.92 Å². The predicted octanol–water partition coefficient (Wildman–Crippen LogP) is 6.95. The second kappa shape index (κ2) is 16.4. The number of aliphatic hydroxyl groups is 1. The first-order valence-electron chi connectivity index (χ1n) is 12.1. The fourth-order valence-electron chi connectivity index (χ4n) is 4.14. The van der Waals surface area contributed by atoms with Crippen molar-refractivity contribution < 1.29 is 14.6 Å². The van der Waals surface area contributed by atoms with E-state index in [0.29, 0.717) is 6.42 Å². The molecule has 1 N–H and O–H groups in total. The van der Waals surface area contributed by atoms with Gasteiger partial charge in [0, 0.05) is 6.42 Å². The molecule has 0 amide bonds. The molecule has 0 radical (unpaired) electrons. The van der Waals surface area contributed by atoms with Gasteiger partial charge in [-0.25, -0.2) is 0 Å². The van der Waals surface area contributed by atoms with Gasteiger partial charge in [0.2, 0.25) is 0 Å². The summed E-state index contributed by atoms with van der Waals surface area (Å²) >= 11 is 0. The van der Waals surface area contributed by atoms with Gasteiger partial charge >= 0.3 is 5.97 Å². The van der Waals surface area contributed by atoms with E-state index in [1.807, 2.05) is 0 Å². The lowest BCUT2D eigenvalue weighted by Crippen LogP contribution is -2.46. The average molecular weight is 383 g/mol. The topological polar surface area (TPSA) is 46.5 Å². The second-order valence-electron chi connectivity index (χ2n) is 8.64. The lowest BCUT2D eigenvalue weighted by atomic mass is 9.86. The first-order valence-corrected chi connectivity index (χ1v) is 12.1. The number of unbranched alkanes of at least 4 members (excludes halogenated alkanes) is 13. The van der Waals surface area contributed by atoms with E-state index in [9.17, 15) is 9.90 Å². The van der Waals surface area contributed by atoms with Gasteiger partial charge < -0.3 is 9.84 Å². The molecule has 27 heavy (non-hydrogen) atoms. The summed E-state index contributed by atoms with van der Waals surface area (Å²) in [6.45, 7) is 4.47. The summed E-state index contributed by atoms with van der Waals surface area (Å²) in [6.07, 6.45) is 21.5. The van der Waals surface area contributed by atoms with Gasteiger partial charge in [0.05, 0.1) is 12.0 Å². The van der Waals surface area contributed by atoms with E-state index in [4.69, 9.17) is 4.74 Å². The molecule has 1 fully saturated rings. The summed E-state index contributed by atoms with van der Waals surface area (Å²) in [5.74, 6) is 0.00669. The van der Waals surface area contributed by atoms with Crippen LogP contribution in [-0.2, 0) is 9.53 Å². The van der Waals surface area contributed by atoms with Crippen LogP contribution in [0.5, 0.6) is 0 Å². The lowest BCUT2D eigenvalue weighted by Gasteiger charge is -2.36. The Morgan fingerprint density at radius 3 is 1.78 bits per heavy atom. The molecule has 3 atom stereocenters. The van der Waals surface area contributed by atoms with Crippen LogP contribution in [0.2, 0.25) is 0 Å². The summed E-state index contributed by atoms with van der Waals surface area (Å²) in [6, 6.07) is 0. The quantitative estimate of drug-likeness (QED) is 0.194. The Bertz CT molecular complexity index is 356. The number of ether oxygens (including phenoxy) is 1. The van der Waals surface area contributed by atoms with Crippen LogP contribution in [0.15, 0.2) is 0 Å². The van der Waals surface area contributed by atoms with Crippen LogP contribution >= 0.6 is 0 Å². The molecule has 1 heterocycles. The van der Waals surface area contributed by atoms with Gasteiger partial charge in [0.1, 0.15) is 6.10 Å². The van der Waals surface area contributed by atoms with Crippen LogP contribution in [0.25, 0.3) is 0 Å². The zero-order valence-electron chi connectivity index (χ0n) is 18.2. The Labute approximate surface area is 168 Å². The fourth-order valence-corrected chi connectivity index (χ4v) is 4.14. The molecule has 0 saturated carbocycles. The van der Waals surface area contributed by atoms with E-state index >= 15 is 0 Å². The van der Waals surface area contributed by atoms with Crippen molar-refractivity contribution in [3.63, 3.8) is 0 Å². The molecular formula is C24H46O3. The molecule has 1 rings (SSSR count). The van der Waals surface area contributed by atoms with Crippen molar-refractivity contribution in [3.05, 3.63) is 0 Å². The highest BCUT2D eigenvalue weighted by Gasteiger charge is 2.42. The Kier molecular flexibility index (Phi) is 14.9. The van der Waals surface area contributed by atoms with Crippen molar-refractivity contribution in [3.8, 4) is 0 Å². The Morgan fingerprint density at radius 1 is 0.778 bits per heavy atom. The largest absolute Gasteiger partial charge is 0.461 e. The maximum Gasteiger partial charge on any atom is 0.313 e. The molecule has 3 nitrogen and oxygen atoms in total. The molecule has 0 aliphatic carbocycles. The van der Waals surface area contributed by atoms with Crippen LogP contribution in [0.3, 0.4) is 0 Å². The van der Waals surface area contributed by atoms with Gasteiger partial charge in [-0.15, -0.1) is 0 Å². The van der Waals surface area contributed by atoms with Gasteiger partial charge in [-0.05, 0) is 12.8 Å². The predicted molar refractivity (Wildman–Crippen MR) is 114 cm³/mol. The minimum atomic E-state index is -0.306. The van der Waals surface area contributed by atoms with Crippen LogP contribution in [0.1, 0.15) is 129 Å². The highest BCUT2D eigenvalue weighted by Crippen LogP contribution is 2.31. The molecular weight excluding hydrogens is 336 g/mol. The first kappa shape index (κ1) is 24.5. The van der Waals surface area contributed by atoms with Crippen molar-refractivity contribution in [1.82, 2.24) is 0 Å². The minimum absolute atomic E-state index is 0.0261. The number of rotatable bonds is 19. The van der Waals surface area contributed by atoms with Gasteiger partial charge in [0.15, 0.2) is 0 Å². The first-order chi connectivity index (χ1) is 13.2. The average Bonchev–Trinajstić information content (AvgIpc) is 2.65. The van der Waals surface area contributed by atoms with Crippen molar-refractivity contribution >= 4 is 5.97 Å². The second-order valence-corrected chi connectivity index (χ2v) is 8.64. The van der Waals surface area contributed by atoms with E-state index < -0.39 is 0 Å². The third kappa shape index (κ3) is 11.8. The van der Waals surface area contributed by atoms with Gasteiger partial charge in [-0.2, -0.15) is 0 Å². The minimum Gasteiger partial charge on any atom is -0.461 e. The molecule has 0 spiro atoms. The maximum absolute atomic E-state index is 11.6. The molecule has 0 unspecified atom stereocenters. The Hall–Kier alpha value is -0.570. The standard InChI is InChI=1S/C24H46O3/c1-3-5-7-9-10-11-12-13-14-15-16-18-21(25)20-23-22(24(26)27-23)19-17-8-6-4-2/h21-23,25H,3-20H2,1-2H3/t21-,22+,23+/m0/s1. The third-order valence-electron chi connectivity index (χ3n) is 6.03. The fraction of sp³-hybridized carbons (Fsp3) is 0.958. The number of esters is 1. The Balaban J connectivity index is 1.93. The highest BCUT2D eigenvalue weighted by molar-refractivity contribution is 5.78. The molecule has 1 aliphatic heterocycles. The summed E-state index contributed by atoms with van der Waals surface area (Å²) < 4.78 is 5.29. The zero-order chi connectivity index (χ0) is 19.7. The third-order valence-corrected chi connectivity index (χ3v) is 6.03. The smallest absolute Gasteiger partial charge is 0.313 e. The molecule has 0 aromatic heterocycles. The summed E-state index contributed by atoms with van der Waals surface area (Å²) in [5, 5.41) is 10.3. The number of hydrogen-bond acceptors (Lipinski definition) is 3. The number of aliphatic hydroxyl groups excluding tert-OH is 1. The number of carbonyl (C=O) groups is 1. The summed E-state index contributed by atoms with van der Waals surface area (Å²) in [7, 11) is 0. The summed E-state index contributed by atoms with van der Waals surface area (Å²) in [4.78, 5) is 11.6. The van der Waals surface area contributed by atoms with Gasteiger partial charge in [0.25, 0.3) is 0 Å². The number of carbonyl (C=O) groups excluding carboxylic acids is 1. The van der Waals surface area contributed by atoms with Crippen molar-refractivity contribution in [1.29, 1.82) is 0 Å². The number of cyclic esters (lactones) is 1.